The highest BCUT2D eigenvalue weighted by Crippen LogP contribution is 2.46. The molecule has 0 spiro atoms. The van der Waals surface area contributed by atoms with E-state index in [1.54, 1.807) is 0 Å². The van der Waals surface area contributed by atoms with Gasteiger partial charge in [0, 0.05) is 44.7 Å². The Morgan fingerprint density at radius 3 is 1.00 bits per heavy atom. The first-order valence-electron chi connectivity index (χ1n) is 22.0. The first-order chi connectivity index (χ1) is 29.1. The third kappa shape index (κ3) is 10.6. The molecule has 0 amide bonds. The summed E-state index contributed by atoms with van der Waals surface area (Å²) >= 11 is 0. The zero-order valence-corrected chi connectivity index (χ0v) is 41.6. The Morgan fingerprint density at radius 1 is 0.435 bits per heavy atom. The maximum Gasteiger partial charge on any atom is 0.387 e. The van der Waals surface area contributed by atoms with Crippen LogP contribution in [0, 0.1) is 6.92 Å². The van der Waals surface area contributed by atoms with Crippen molar-refractivity contribution in [1.82, 2.24) is 0 Å². The third-order valence-corrected chi connectivity index (χ3v) is 12.9. The van der Waals surface area contributed by atoms with E-state index in [2.05, 4.69) is 80.5 Å². The van der Waals surface area contributed by atoms with Crippen LogP contribution in [0.2, 0.25) is 0 Å². The Kier molecular flexibility index (Phi) is 14.4. The molecule has 3 atom stereocenters. The zero-order valence-electron chi connectivity index (χ0n) is 39.8. The molecule has 0 saturated carbocycles. The SMILES string of the molecule is CCOc1cc(C)c2op(O[C@H](C)C[C@@H](C)Op3oc4c(C(C)(C)C)cc(OCC)cc4c4cc(OCC)cc(C(C)(C)C)c4o3)oc3c(C(C)(C)C)cc(OCC)cc3c2c1. The molecule has 0 radical (unpaired) electrons. The van der Waals surface area contributed by atoms with Crippen molar-refractivity contribution >= 4 is 60.4 Å². The van der Waals surface area contributed by atoms with Crippen LogP contribution in [-0.2, 0) is 16.2 Å². The van der Waals surface area contributed by atoms with E-state index in [1.807, 2.05) is 78.8 Å². The fraction of sp³-hybridized carbons (Fsp3) is 0.520. The Labute approximate surface area is 369 Å². The fourth-order valence-electron chi connectivity index (χ4n) is 7.70. The fourth-order valence-corrected chi connectivity index (χ4v) is 10.1. The molecule has 0 saturated heterocycles. The van der Waals surface area contributed by atoms with Crippen molar-refractivity contribution in [2.75, 3.05) is 26.4 Å². The van der Waals surface area contributed by atoms with Gasteiger partial charge in [0.2, 0.25) is 0 Å². The maximum atomic E-state index is 6.92. The van der Waals surface area contributed by atoms with Crippen LogP contribution in [0.4, 0.5) is 0 Å². The number of hydrogen-bond donors (Lipinski definition) is 0. The van der Waals surface area contributed by atoms with Crippen molar-refractivity contribution in [3.63, 3.8) is 0 Å². The first-order valence-corrected chi connectivity index (χ1v) is 24.2. The molecule has 0 fully saturated rings. The Balaban J connectivity index is 1.47. The monoisotopic (exact) mass is 890 g/mol. The second kappa shape index (κ2) is 18.9. The standard InChI is InChI=1S/C50H68O10P2/c1-17-51-33-21-30(5)44-37(23-33)38-24-34(52-18-2)27-41(48(8,9)10)45(38)58-61(57-44)55-31(6)22-32(7)56-62-59-46-39(25-35(53-19-3)28-42(46)49(11,12)13)40-26-36(54-20-4)29-43(47(40)60-62)50(14,15)16/h21,23-29,31-32H,17-20,22H2,1-16H3/t31-,32-,61?/m1/s1. The summed E-state index contributed by atoms with van der Waals surface area (Å²) < 4.78 is 65.4. The second-order valence-electron chi connectivity index (χ2n) is 19.0. The predicted octanol–water partition coefficient (Wildman–Crippen LogP) is 15.4. The molecule has 2 aromatic heterocycles. The van der Waals surface area contributed by atoms with Gasteiger partial charge in [-0.1, -0.05) is 62.3 Å². The third-order valence-electron chi connectivity index (χ3n) is 10.5. The van der Waals surface area contributed by atoms with Crippen molar-refractivity contribution in [2.45, 2.75) is 146 Å². The molecule has 4 aromatic carbocycles. The number of hydrogen-bond acceptors (Lipinski definition) is 10. The van der Waals surface area contributed by atoms with Gasteiger partial charge in [-0.25, -0.2) is 0 Å². The molecule has 0 bridgehead atoms. The molecular formula is C50H68O10P2. The lowest BCUT2D eigenvalue weighted by atomic mass is 9.84. The summed E-state index contributed by atoms with van der Waals surface area (Å²) in [4.78, 5) is 0. The molecule has 6 aromatic rings. The van der Waals surface area contributed by atoms with Crippen LogP contribution in [0.5, 0.6) is 23.0 Å². The normalized spacial score (nSPS) is 13.8. The van der Waals surface area contributed by atoms with Crippen molar-refractivity contribution in [1.29, 1.82) is 0 Å². The predicted molar refractivity (Wildman–Crippen MR) is 255 cm³/mol. The van der Waals surface area contributed by atoms with Gasteiger partial charge in [0.1, 0.15) is 45.3 Å². The van der Waals surface area contributed by atoms with E-state index in [0.717, 1.165) is 66.8 Å². The number of rotatable bonds is 14. The molecule has 10 nitrogen and oxygen atoms in total. The molecule has 1 unspecified atom stereocenters. The summed E-state index contributed by atoms with van der Waals surface area (Å²) in [6.07, 6.45) is -0.193. The molecule has 338 valence electrons. The van der Waals surface area contributed by atoms with Crippen LogP contribution < -0.4 is 28.0 Å². The molecular weight excluding hydrogens is 822 g/mol. The van der Waals surface area contributed by atoms with Crippen LogP contribution in [0.15, 0.2) is 65.3 Å². The molecule has 0 aliphatic carbocycles. The van der Waals surface area contributed by atoms with E-state index in [0.29, 0.717) is 55.2 Å². The molecule has 12 heteroatoms. The summed E-state index contributed by atoms with van der Waals surface area (Å²) in [5.41, 5.74) is 5.85. The average molecular weight is 891 g/mol. The summed E-state index contributed by atoms with van der Waals surface area (Å²) in [5.74, 6) is 3.05. The van der Waals surface area contributed by atoms with E-state index >= 15 is 0 Å². The van der Waals surface area contributed by atoms with Gasteiger partial charge < -0.3 is 35.7 Å². The van der Waals surface area contributed by atoms with Gasteiger partial charge in [-0.3, -0.25) is 9.05 Å². The van der Waals surface area contributed by atoms with E-state index in [1.165, 1.54) is 0 Å². The van der Waals surface area contributed by atoms with Gasteiger partial charge >= 0.3 is 16.5 Å². The number of fused-ring (bicyclic) bond motifs is 6. The van der Waals surface area contributed by atoms with Crippen molar-refractivity contribution in [3.05, 3.63) is 70.8 Å². The van der Waals surface area contributed by atoms with Crippen LogP contribution in [0.1, 0.15) is 133 Å². The summed E-state index contributed by atoms with van der Waals surface area (Å²) in [5, 5.41) is 3.48. The molecule has 0 N–H and O–H groups in total. The minimum absolute atomic E-state index is 0.282. The maximum absolute atomic E-state index is 6.92. The summed E-state index contributed by atoms with van der Waals surface area (Å²) in [6.45, 7) is 35.7. The highest BCUT2D eigenvalue weighted by atomic mass is 31.1. The van der Waals surface area contributed by atoms with Crippen LogP contribution in [0.3, 0.4) is 0 Å². The smallest absolute Gasteiger partial charge is 0.387 e. The van der Waals surface area contributed by atoms with Gasteiger partial charge in [-0.2, -0.15) is 0 Å². The van der Waals surface area contributed by atoms with Crippen LogP contribution in [-0.4, -0.2) is 38.6 Å². The van der Waals surface area contributed by atoms with E-state index in [-0.39, 0.29) is 28.5 Å². The topological polar surface area (TPSA) is 108 Å². The first kappa shape index (κ1) is 47.3. The average Bonchev–Trinajstić information content (AvgIpc) is 3.41. The molecule has 62 heavy (non-hydrogen) atoms. The molecule has 0 aliphatic rings. The lowest BCUT2D eigenvalue weighted by Crippen LogP contribution is -2.21. The summed E-state index contributed by atoms with van der Waals surface area (Å²) in [7, 11) is -3.86. The van der Waals surface area contributed by atoms with Crippen molar-refractivity contribution in [3.8, 4) is 23.0 Å². The number of aryl methyl sites for hydroxylation is 1. The molecule has 6 rings (SSSR count). The van der Waals surface area contributed by atoms with E-state index in [4.69, 9.17) is 44.8 Å². The Hall–Kier alpha value is -4.20. The Bertz CT molecular complexity index is 2540. The van der Waals surface area contributed by atoms with Crippen molar-refractivity contribution in [2.24, 2.45) is 0 Å². The number of ether oxygens (including phenoxy) is 4. The largest absolute Gasteiger partial charge is 0.494 e. The quantitative estimate of drug-likeness (QED) is 0.105. The minimum atomic E-state index is -1.95. The van der Waals surface area contributed by atoms with E-state index in [9.17, 15) is 0 Å². The minimum Gasteiger partial charge on any atom is -0.494 e. The number of benzene rings is 4. The van der Waals surface area contributed by atoms with Gasteiger partial charge in [0.05, 0.1) is 38.6 Å². The van der Waals surface area contributed by atoms with Gasteiger partial charge in [-0.05, 0) is 119 Å². The van der Waals surface area contributed by atoms with Crippen molar-refractivity contribution < 1.29 is 44.8 Å². The van der Waals surface area contributed by atoms with E-state index < -0.39 is 16.5 Å². The highest BCUT2D eigenvalue weighted by molar-refractivity contribution is 7.32. The second-order valence-corrected chi connectivity index (χ2v) is 21.1. The highest BCUT2D eigenvalue weighted by Gasteiger charge is 2.28. The van der Waals surface area contributed by atoms with Gasteiger partial charge in [-0.15, -0.1) is 0 Å². The van der Waals surface area contributed by atoms with Gasteiger partial charge in [0.25, 0.3) is 0 Å². The van der Waals surface area contributed by atoms with Gasteiger partial charge in [0.15, 0.2) is 0 Å². The lowest BCUT2D eigenvalue weighted by Gasteiger charge is -2.22. The lowest BCUT2D eigenvalue weighted by molar-refractivity contribution is 0.184. The zero-order chi connectivity index (χ0) is 45.3. The molecule has 0 aliphatic heterocycles. The summed E-state index contributed by atoms with van der Waals surface area (Å²) in [6, 6.07) is 16.3. The van der Waals surface area contributed by atoms with Crippen LogP contribution >= 0.6 is 16.5 Å². The Morgan fingerprint density at radius 2 is 0.710 bits per heavy atom. The van der Waals surface area contributed by atoms with Crippen LogP contribution in [0.25, 0.3) is 43.9 Å². The molecule has 2 heterocycles.